The van der Waals surface area contributed by atoms with E-state index in [-0.39, 0.29) is 0 Å². The van der Waals surface area contributed by atoms with Crippen LogP contribution in [0.15, 0.2) is 48.8 Å². The van der Waals surface area contributed by atoms with Crippen LogP contribution in [0.1, 0.15) is 16.8 Å². The summed E-state index contributed by atoms with van der Waals surface area (Å²) in [6, 6.07) is 15.7. The minimum Gasteiger partial charge on any atom is -0.312 e. The second-order valence-electron chi connectivity index (χ2n) is 5.18. The zero-order chi connectivity index (χ0) is 14.1. The Morgan fingerprint density at radius 2 is 1.95 bits per heavy atom. The van der Waals surface area contributed by atoms with Crippen LogP contribution in [0.25, 0.3) is 10.9 Å². The van der Waals surface area contributed by atoms with Crippen molar-refractivity contribution in [3.8, 4) is 12.0 Å². The van der Waals surface area contributed by atoms with Crippen LogP contribution in [0.5, 0.6) is 0 Å². The van der Waals surface area contributed by atoms with Gasteiger partial charge in [0, 0.05) is 54.6 Å². The maximum Gasteiger partial charge on any atom is 0.0618 e. The van der Waals surface area contributed by atoms with E-state index in [1.807, 2.05) is 12.1 Å². The number of nitrogens with one attached hydrogen (secondary N) is 1. The van der Waals surface area contributed by atoms with Gasteiger partial charge in [0.2, 0.25) is 0 Å². The first kappa shape index (κ1) is 12.2. The maximum atomic E-state index is 4.03. The lowest BCUT2D eigenvalue weighted by molar-refractivity contribution is 0.633. The summed E-state index contributed by atoms with van der Waals surface area (Å²) in [6.45, 7) is 1.94. The van der Waals surface area contributed by atoms with Crippen molar-refractivity contribution < 1.29 is 0 Å². The van der Waals surface area contributed by atoms with Crippen molar-refractivity contribution in [2.75, 3.05) is 6.54 Å². The molecule has 0 bridgehead atoms. The zero-order valence-electron chi connectivity index (χ0n) is 11.6. The molecule has 3 nitrogen and oxygen atoms in total. The molecule has 3 aromatic rings. The van der Waals surface area contributed by atoms with E-state index in [1.54, 1.807) is 12.4 Å². The lowest BCUT2D eigenvalue weighted by atomic mass is 10.1. The quantitative estimate of drug-likeness (QED) is 0.638. The SMILES string of the molecule is C(#Cn1c2c(c3ccccc31)CNCC2)c1ccncc1. The summed E-state index contributed by atoms with van der Waals surface area (Å²) in [5.74, 6) is 3.24. The van der Waals surface area contributed by atoms with E-state index >= 15 is 0 Å². The van der Waals surface area contributed by atoms with Crippen LogP contribution >= 0.6 is 0 Å². The van der Waals surface area contributed by atoms with Crippen LogP contribution < -0.4 is 5.32 Å². The van der Waals surface area contributed by atoms with Crippen LogP contribution in [0.3, 0.4) is 0 Å². The number of hydrogen-bond acceptors (Lipinski definition) is 2. The van der Waals surface area contributed by atoms with E-state index in [0.717, 1.165) is 25.1 Å². The molecule has 0 saturated heterocycles. The number of fused-ring (bicyclic) bond motifs is 3. The molecular formula is C18H15N3. The fourth-order valence-corrected chi connectivity index (χ4v) is 2.92. The summed E-state index contributed by atoms with van der Waals surface area (Å²) in [6.07, 6.45) is 4.57. The Morgan fingerprint density at radius 1 is 1.10 bits per heavy atom. The van der Waals surface area contributed by atoms with E-state index in [4.69, 9.17) is 0 Å². The summed E-state index contributed by atoms with van der Waals surface area (Å²) in [5.41, 5.74) is 4.93. The molecule has 4 rings (SSSR count). The number of nitrogens with zero attached hydrogens (tertiary/aromatic N) is 2. The average molecular weight is 273 g/mol. The largest absolute Gasteiger partial charge is 0.312 e. The molecule has 1 aromatic carbocycles. The van der Waals surface area contributed by atoms with Crippen molar-refractivity contribution >= 4 is 10.9 Å². The Hall–Kier alpha value is -2.57. The molecule has 0 aliphatic carbocycles. The van der Waals surface area contributed by atoms with Gasteiger partial charge in [0.05, 0.1) is 5.52 Å². The second-order valence-corrected chi connectivity index (χ2v) is 5.18. The number of pyridine rings is 1. The first-order chi connectivity index (χ1) is 10.4. The minimum absolute atomic E-state index is 0.930. The van der Waals surface area contributed by atoms with Gasteiger partial charge in [0.15, 0.2) is 0 Å². The third-order valence-corrected chi connectivity index (χ3v) is 3.92. The Morgan fingerprint density at radius 3 is 2.86 bits per heavy atom. The molecule has 21 heavy (non-hydrogen) atoms. The van der Waals surface area contributed by atoms with E-state index in [1.165, 1.54) is 22.2 Å². The maximum absolute atomic E-state index is 4.03. The van der Waals surface area contributed by atoms with Crippen molar-refractivity contribution in [1.29, 1.82) is 0 Å². The minimum atomic E-state index is 0.930. The summed E-state index contributed by atoms with van der Waals surface area (Å²) >= 11 is 0. The molecule has 1 N–H and O–H groups in total. The Bertz CT molecular complexity index is 851. The predicted molar refractivity (Wildman–Crippen MR) is 83.9 cm³/mol. The molecule has 3 heteroatoms. The summed E-state index contributed by atoms with van der Waals surface area (Å²) in [5, 5.41) is 4.76. The van der Waals surface area contributed by atoms with Gasteiger partial charge in [-0.2, -0.15) is 0 Å². The number of para-hydroxylation sites is 1. The van der Waals surface area contributed by atoms with Crippen molar-refractivity contribution in [2.45, 2.75) is 13.0 Å². The first-order valence-corrected chi connectivity index (χ1v) is 7.17. The van der Waals surface area contributed by atoms with Crippen LogP contribution in [-0.4, -0.2) is 16.1 Å². The smallest absolute Gasteiger partial charge is 0.0618 e. The molecule has 0 saturated carbocycles. The molecule has 3 heterocycles. The highest BCUT2D eigenvalue weighted by Gasteiger charge is 2.18. The normalized spacial score (nSPS) is 13.5. The lowest BCUT2D eigenvalue weighted by Crippen LogP contribution is -2.24. The molecule has 0 spiro atoms. The van der Waals surface area contributed by atoms with Crippen molar-refractivity contribution in [3.63, 3.8) is 0 Å². The third-order valence-electron chi connectivity index (χ3n) is 3.92. The summed E-state index contributed by atoms with van der Waals surface area (Å²) < 4.78 is 2.16. The Labute approximate surface area is 123 Å². The molecule has 0 radical (unpaired) electrons. The molecule has 2 aromatic heterocycles. The van der Waals surface area contributed by atoms with Crippen molar-refractivity contribution in [3.05, 3.63) is 65.6 Å². The molecule has 0 atom stereocenters. The van der Waals surface area contributed by atoms with Crippen LogP contribution in [0.4, 0.5) is 0 Å². The topological polar surface area (TPSA) is 29.9 Å². The molecule has 102 valence electrons. The summed E-state index contributed by atoms with van der Waals surface area (Å²) in [7, 11) is 0. The Balaban J connectivity index is 1.91. The first-order valence-electron chi connectivity index (χ1n) is 7.17. The summed E-state index contributed by atoms with van der Waals surface area (Å²) in [4.78, 5) is 4.03. The lowest BCUT2D eigenvalue weighted by Gasteiger charge is -2.14. The highest BCUT2D eigenvalue weighted by molar-refractivity contribution is 5.86. The number of hydrogen-bond donors (Lipinski definition) is 1. The molecule has 1 aliphatic heterocycles. The predicted octanol–water partition coefficient (Wildman–Crippen LogP) is 2.54. The van der Waals surface area contributed by atoms with E-state index in [2.05, 4.69) is 51.1 Å². The molecule has 0 amide bonds. The van der Waals surface area contributed by atoms with Gasteiger partial charge < -0.3 is 5.32 Å². The van der Waals surface area contributed by atoms with Gasteiger partial charge in [-0.3, -0.25) is 9.55 Å². The number of rotatable bonds is 0. The standard InChI is InChI=1S/C18H15N3/c1-2-4-17-15(3-1)16-13-20-11-7-18(16)21(17)12-8-14-5-9-19-10-6-14/h1-6,9-10,20H,7,11,13H2. The number of benzene rings is 1. The van der Waals surface area contributed by atoms with Gasteiger partial charge >= 0.3 is 0 Å². The van der Waals surface area contributed by atoms with E-state index < -0.39 is 0 Å². The molecule has 0 fully saturated rings. The highest BCUT2D eigenvalue weighted by Crippen LogP contribution is 2.27. The monoisotopic (exact) mass is 273 g/mol. The van der Waals surface area contributed by atoms with E-state index in [9.17, 15) is 0 Å². The average Bonchev–Trinajstić information content (AvgIpc) is 2.88. The van der Waals surface area contributed by atoms with Crippen LogP contribution in [0, 0.1) is 12.0 Å². The van der Waals surface area contributed by atoms with E-state index in [0.29, 0.717) is 0 Å². The third kappa shape index (κ3) is 2.10. The zero-order valence-corrected chi connectivity index (χ0v) is 11.6. The molecular weight excluding hydrogens is 258 g/mol. The molecule has 1 aliphatic rings. The van der Waals surface area contributed by atoms with Crippen molar-refractivity contribution in [1.82, 2.24) is 14.9 Å². The van der Waals surface area contributed by atoms with Crippen LogP contribution in [0.2, 0.25) is 0 Å². The fourth-order valence-electron chi connectivity index (χ4n) is 2.92. The van der Waals surface area contributed by atoms with Gasteiger partial charge in [-0.25, -0.2) is 0 Å². The fraction of sp³-hybridized carbons (Fsp3) is 0.167. The second kappa shape index (κ2) is 5.08. The Kier molecular flexibility index (Phi) is 2.95. The number of aromatic nitrogens is 2. The van der Waals surface area contributed by atoms with Gasteiger partial charge in [0.25, 0.3) is 0 Å². The van der Waals surface area contributed by atoms with Gasteiger partial charge in [-0.15, -0.1) is 0 Å². The van der Waals surface area contributed by atoms with Crippen LogP contribution in [-0.2, 0) is 13.0 Å². The molecule has 0 unspecified atom stereocenters. The highest BCUT2D eigenvalue weighted by atomic mass is 15.0. The van der Waals surface area contributed by atoms with Gasteiger partial charge in [0.1, 0.15) is 0 Å². The van der Waals surface area contributed by atoms with Gasteiger partial charge in [-0.05, 0) is 29.7 Å². The van der Waals surface area contributed by atoms with Crippen molar-refractivity contribution in [2.24, 2.45) is 0 Å². The van der Waals surface area contributed by atoms with Gasteiger partial charge in [-0.1, -0.05) is 18.2 Å².